The Morgan fingerprint density at radius 3 is 1.81 bits per heavy atom. The van der Waals surface area contributed by atoms with Crippen LogP contribution in [0.2, 0.25) is 0 Å². The first kappa shape index (κ1) is 16.1. The van der Waals surface area contributed by atoms with Crippen LogP contribution in [0.3, 0.4) is 0 Å². The average molecular weight is 293 g/mol. The van der Waals surface area contributed by atoms with E-state index in [2.05, 4.69) is 0 Å². The van der Waals surface area contributed by atoms with Crippen molar-refractivity contribution in [3.8, 4) is 11.5 Å². The summed E-state index contributed by atoms with van der Waals surface area (Å²) in [5, 5.41) is 0. The van der Waals surface area contributed by atoms with Crippen molar-refractivity contribution in [2.45, 2.75) is 44.8 Å². The predicted octanol–water partition coefficient (Wildman–Crippen LogP) is 2.33. The third-order valence-electron chi connectivity index (χ3n) is 4.36. The molecular weight excluding hydrogens is 269 g/mol. The van der Waals surface area contributed by atoms with E-state index in [-0.39, 0.29) is 0 Å². The second-order valence-electron chi connectivity index (χ2n) is 6.23. The molecule has 0 aromatic heterocycles. The molecule has 1 aromatic rings. The van der Waals surface area contributed by atoms with Gasteiger partial charge in [0, 0.05) is 0 Å². The fourth-order valence-electron chi connectivity index (χ4n) is 2.38. The Morgan fingerprint density at radius 2 is 1.43 bits per heavy atom. The molecule has 5 nitrogen and oxygen atoms in total. The number of hydrogen-bond donors (Lipinski definition) is 1. The first-order chi connectivity index (χ1) is 9.73. The molecule has 1 aliphatic rings. The van der Waals surface area contributed by atoms with Crippen LogP contribution in [-0.4, -0.2) is 32.5 Å². The van der Waals surface area contributed by atoms with Crippen LogP contribution < -0.4 is 15.2 Å². The fourth-order valence-corrected chi connectivity index (χ4v) is 2.38. The van der Waals surface area contributed by atoms with Crippen LogP contribution >= 0.6 is 0 Å². The van der Waals surface area contributed by atoms with E-state index in [1.54, 1.807) is 14.2 Å². The van der Waals surface area contributed by atoms with Crippen LogP contribution in [0.1, 0.15) is 39.2 Å². The standard InChI is InChI=1S/C15H24BNO4/c1-14(2)15(3,4)21-16(20-14)13(17)12-10(18-5)8-7-9-11(12)19-6/h7-9,13H,17H2,1-6H3/t13-/m0/s1. The van der Waals surface area contributed by atoms with Crippen LogP contribution in [0.4, 0.5) is 0 Å². The molecule has 0 radical (unpaired) electrons. The maximum absolute atomic E-state index is 6.39. The number of methoxy groups -OCH3 is 2. The summed E-state index contributed by atoms with van der Waals surface area (Å²) in [6.45, 7) is 8.00. The minimum atomic E-state index is -0.555. The average Bonchev–Trinajstić information content (AvgIpc) is 2.65. The van der Waals surface area contributed by atoms with E-state index in [1.807, 2.05) is 45.9 Å². The van der Waals surface area contributed by atoms with Gasteiger partial charge < -0.3 is 24.5 Å². The van der Waals surface area contributed by atoms with E-state index in [4.69, 9.17) is 24.5 Å². The largest absolute Gasteiger partial charge is 0.496 e. The summed E-state index contributed by atoms with van der Waals surface area (Å²) >= 11 is 0. The van der Waals surface area contributed by atoms with Crippen molar-refractivity contribution < 1.29 is 18.8 Å². The van der Waals surface area contributed by atoms with Gasteiger partial charge in [0.1, 0.15) is 11.5 Å². The van der Waals surface area contributed by atoms with Gasteiger partial charge in [-0.25, -0.2) is 0 Å². The Bertz CT molecular complexity index is 480. The van der Waals surface area contributed by atoms with Gasteiger partial charge in [0.15, 0.2) is 0 Å². The highest BCUT2D eigenvalue weighted by Crippen LogP contribution is 2.42. The summed E-state index contributed by atoms with van der Waals surface area (Å²) in [5.41, 5.74) is 6.28. The molecule has 1 fully saturated rings. The van der Waals surface area contributed by atoms with Crippen LogP contribution in [0.5, 0.6) is 11.5 Å². The first-order valence-electron chi connectivity index (χ1n) is 7.05. The topological polar surface area (TPSA) is 62.9 Å². The molecule has 2 rings (SSSR count). The molecular formula is C15H24BNO4. The third-order valence-corrected chi connectivity index (χ3v) is 4.36. The first-order valence-corrected chi connectivity index (χ1v) is 7.05. The zero-order valence-electron chi connectivity index (χ0n) is 13.6. The number of benzene rings is 1. The van der Waals surface area contributed by atoms with E-state index in [1.165, 1.54) is 0 Å². The van der Waals surface area contributed by atoms with Gasteiger partial charge >= 0.3 is 7.12 Å². The lowest BCUT2D eigenvalue weighted by Gasteiger charge is -2.32. The molecule has 116 valence electrons. The number of ether oxygens (including phenoxy) is 2. The van der Waals surface area contributed by atoms with Crippen molar-refractivity contribution in [2.75, 3.05) is 14.2 Å². The molecule has 1 aliphatic heterocycles. The fraction of sp³-hybridized carbons (Fsp3) is 0.600. The molecule has 1 heterocycles. The Balaban J connectivity index is 2.36. The number of hydrogen-bond acceptors (Lipinski definition) is 5. The minimum absolute atomic E-state index is 0.426. The molecule has 0 unspecified atom stereocenters. The van der Waals surface area contributed by atoms with E-state index in [9.17, 15) is 0 Å². The Morgan fingerprint density at radius 1 is 1.00 bits per heavy atom. The lowest BCUT2D eigenvalue weighted by Crippen LogP contribution is -2.41. The highest BCUT2D eigenvalue weighted by molar-refractivity contribution is 6.47. The van der Waals surface area contributed by atoms with Crippen molar-refractivity contribution in [1.82, 2.24) is 0 Å². The molecule has 21 heavy (non-hydrogen) atoms. The van der Waals surface area contributed by atoms with E-state index < -0.39 is 24.3 Å². The van der Waals surface area contributed by atoms with Gasteiger partial charge in [-0.2, -0.15) is 0 Å². The maximum Gasteiger partial charge on any atom is 0.480 e. The lowest BCUT2D eigenvalue weighted by atomic mass is 9.74. The monoisotopic (exact) mass is 293 g/mol. The summed E-state index contributed by atoms with van der Waals surface area (Å²) in [7, 11) is 2.66. The Labute approximate surface area is 126 Å². The molecule has 0 saturated carbocycles. The van der Waals surface area contributed by atoms with Gasteiger partial charge in [0.25, 0.3) is 0 Å². The van der Waals surface area contributed by atoms with Gasteiger partial charge in [0.05, 0.1) is 36.9 Å². The number of nitrogens with two attached hydrogens (primary N) is 1. The highest BCUT2D eigenvalue weighted by Gasteiger charge is 2.54. The molecule has 1 atom stereocenters. The predicted molar refractivity (Wildman–Crippen MR) is 82.6 cm³/mol. The summed E-state index contributed by atoms with van der Waals surface area (Å²) < 4.78 is 22.8. The summed E-state index contributed by atoms with van der Waals surface area (Å²) in [4.78, 5) is 0. The Kier molecular flexibility index (Phi) is 4.24. The van der Waals surface area contributed by atoms with Gasteiger partial charge in [0.2, 0.25) is 0 Å². The Hall–Kier alpha value is -1.24. The molecule has 0 bridgehead atoms. The van der Waals surface area contributed by atoms with Gasteiger partial charge in [-0.05, 0) is 39.8 Å². The second kappa shape index (κ2) is 5.52. The lowest BCUT2D eigenvalue weighted by molar-refractivity contribution is 0.00578. The zero-order valence-corrected chi connectivity index (χ0v) is 13.6. The summed E-state index contributed by atoms with van der Waals surface area (Å²) in [6.07, 6.45) is 0. The highest BCUT2D eigenvalue weighted by atomic mass is 16.7. The van der Waals surface area contributed by atoms with Gasteiger partial charge in [-0.1, -0.05) is 6.07 Å². The SMILES string of the molecule is COc1cccc(OC)c1[C@H](N)B1OC(C)(C)C(C)(C)O1. The van der Waals surface area contributed by atoms with E-state index >= 15 is 0 Å². The van der Waals surface area contributed by atoms with E-state index in [0.29, 0.717) is 11.5 Å². The summed E-state index contributed by atoms with van der Waals surface area (Å²) in [5.74, 6) is 0.824. The molecule has 6 heteroatoms. The number of rotatable bonds is 4. The van der Waals surface area contributed by atoms with Crippen molar-refractivity contribution in [1.29, 1.82) is 0 Å². The van der Waals surface area contributed by atoms with Crippen LogP contribution in [0.25, 0.3) is 0 Å². The van der Waals surface area contributed by atoms with Crippen molar-refractivity contribution in [3.63, 3.8) is 0 Å². The van der Waals surface area contributed by atoms with Crippen LogP contribution in [0, 0.1) is 0 Å². The molecule has 0 spiro atoms. The van der Waals surface area contributed by atoms with Crippen LogP contribution in [-0.2, 0) is 9.31 Å². The third kappa shape index (κ3) is 2.75. The van der Waals surface area contributed by atoms with Crippen molar-refractivity contribution in [2.24, 2.45) is 5.73 Å². The quantitative estimate of drug-likeness (QED) is 0.863. The molecule has 0 aliphatic carbocycles. The van der Waals surface area contributed by atoms with E-state index in [0.717, 1.165) is 5.56 Å². The molecule has 1 saturated heterocycles. The van der Waals surface area contributed by atoms with Crippen molar-refractivity contribution >= 4 is 7.12 Å². The molecule has 1 aromatic carbocycles. The van der Waals surface area contributed by atoms with Gasteiger partial charge in [-0.3, -0.25) is 0 Å². The molecule has 2 N–H and O–H groups in total. The zero-order chi connectivity index (χ0) is 15.8. The van der Waals surface area contributed by atoms with Crippen molar-refractivity contribution in [3.05, 3.63) is 23.8 Å². The molecule has 0 amide bonds. The van der Waals surface area contributed by atoms with Crippen LogP contribution in [0.15, 0.2) is 18.2 Å². The second-order valence-corrected chi connectivity index (χ2v) is 6.23. The van der Waals surface area contributed by atoms with Gasteiger partial charge in [-0.15, -0.1) is 0 Å². The minimum Gasteiger partial charge on any atom is -0.496 e. The maximum atomic E-state index is 6.39. The summed E-state index contributed by atoms with van der Waals surface area (Å²) in [6, 6.07) is 5.56. The smallest absolute Gasteiger partial charge is 0.480 e. The normalized spacial score (nSPS) is 21.2.